The molecule has 1 aromatic carbocycles. The molecule has 6 nitrogen and oxygen atoms in total. The average molecular weight is 442 g/mol. The van der Waals surface area contributed by atoms with Gasteiger partial charge >= 0.3 is 0 Å². The third-order valence-electron chi connectivity index (χ3n) is 5.66. The topological polar surface area (TPSA) is 55.2 Å². The second kappa shape index (κ2) is 8.80. The van der Waals surface area contributed by atoms with Gasteiger partial charge < -0.3 is 19.5 Å². The first-order valence-corrected chi connectivity index (χ1v) is 10.8. The van der Waals surface area contributed by atoms with Crippen molar-refractivity contribution in [2.75, 3.05) is 12.0 Å². The van der Waals surface area contributed by atoms with Crippen molar-refractivity contribution in [3.05, 3.63) is 108 Å². The predicted octanol–water partition coefficient (Wildman–Crippen LogP) is 4.51. The summed E-state index contributed by atoms with van der Waals surface area (Å²) in [6.07, 6.45) is 5.73. The minimum atomic E-state index is -0.104. The fraction of sp³-hybridized carbons (Fsp3) is 0.160. The van der Waals surface area contributed by atoms with Gasteiger partial charge in [0.1, 0.15) is 11.8 Å². The number of nitrogens with zero attached hydrogens (tertiary/aromatic N) is 4. The number of aromatic nitrogens is 3. The van der Waals surface area contributed by atoms with Crippen molar-refractivity contribution in [2.24, 2.45) is 0 Å². The number of benzene rings is 1. The molecule has 0 saturated carbocycles. The Balaban J connectivity index is 1.60. The van der Waals surface area contributed by atoms with Crippen LogP contribution >= 0.6 is 12.2 Å². The minimum absolute atomic E-state index is 0.0942. The fourth-order valence-electron chi connectivity index (χ4n) is 4.20. The highest BCUT2D eigenvalue weighted by Gasteiger charge is 2.42. The fourth-order valence-corrected chi connectivity index (χ4v) is 4.55. The third-order valence-corrected chi connectivity index (χ3v) is 5.97. The monoisotopic (exact) mass is 441 g/mol. The third kappa shape index (κ3) is 3.83. The number of hydrogen-bond acceptors (Lipinski definition) is 4. The molecule has 1 saturated heterocycles. The quantitative estimate of drug-likeness (QED) is 0.444. The summed E-state index contributed by atoms with van der Waals surface area (Å²) < 4.78 is 7.70. The van der Waals surface area contributed by atoms with Crippen LogP contribution in [0.2, 0.25) is 0 Å². The van der Waals surface area contributed by atoms with E-state index in [1.807, 2.05) is 67.0 Å². The van der Waals surface area contributed by atoms with Gasteiger partial charge in [-0.1, -0.05) is 18.2 Å². The molecule has 0 radical (unpaired) electrons. The summed E-state index contributed by atoms with van der Waals surface area (Å²) in [7, 11) is 1.67. The van der Waals surface area contributed by atoms with Crippen molar-refractivity contribution in [3.63, 3.8) is 0 Å². The Bertz CT molecular complexity index is 1210. The normalized spacial score (nSPS) is 17.9. The van der Waals surface area contributed by atoms with Crippen LogP contribution in [-0.4, -0.2) is 26.8 Å². The number of pyridine rings is 2. The first kappa shape index (κ1) is 20.2. The van der Waals surface area contributed by atoms with E-state index in [-0.39, 0.29) is 12.1 Å². The van der Waals surface area contributed by atoms with Crippen molar-refractivity contribution in [3.8, 4) is 5.75 Å². The van der Waals surface area contributed by atoms with E-state index in [0.717, 1.165) is 28.5 Å². The van der Waals surface area contributed by atoms with E-state index in [9.17, 15) is 0 Å². The molecule has 0 bridgehead atoms. The smallest absolute Gasteiger partial charge is 0.174 e. The molecular formula is C25H23N5OS. The number of methoxy groups -OCH3 is 1. The summed E-state index contributed by atoms with van der Waals surface area (Å²) in [5.41, 5.74) is 4.04. The number of thiocarbonyl (C=S) groups is 1. The van der Waals surface area contributed by atoms with E-state index in [0.29, 0.717) is 11.7 Å². The molecule has 160 valence electrons. The van der Waals surface area contributed by atoms with Gasteiger partial charge in [-0.15, -0.1) is 0 Å². The van der Waals surface area contributed by atoms with Crippen LogP contribution in [0.5, 0.6) is 5.75 Å². The van der Waals surface area contributed by atoms with Gasteiger partial charge in [0.05, 0.1) is 31.1 Å². The number of hydrogen-bond donors (Lipinski definition) is 1. The van der Waals surface area contributed by atoms with Crippen LogP contribution in [-0.2, 0) is 6.54 Å². The lowest BCUT2D eigenvalue weighted by atomic mass is 10.0. The van der Waals surface area contributed by atoms with Crippen LogP contribution in [0.15, 0.2) is 91.4 Å². The van der Waals surface area contributed by atoms with Crippen LogP contribution < -0.4 is 15.0 Å². The zero-order valence-electron chi connectivity index (χ0n) is 17.6. The van der Waals surface area contributed by atoms with Gasteiger partial charge in [-0.2, -0.15) is 0 Å². The lowest BCUT2D eigenvalue weighted by Crippen LogP contribution is -2.30. The maximum Gasteiger partial charge on any atom is 0.174 e. The molecule has 5 rings (SSSR count). The van der Waals surface area contributed by atoms with Crippen molar-refractivity contribution < 1.29 is 4.74 Å². The molecule has 3 aromatic heterocycles. The van der Waals surface area contributed by atoms with Gasteiger partial charge in [-0.3, -0.25) is 9.97 Å². The Morgan fingerprint density at radius 3 is 2.56 bits per heavy atom. The summed E-state index contributed by atoms with van der Waals surface area (Å²) in [4.78, 5) is 11.3. The van der Waals surface area contributed by atoms with E-state index in [1.54, 1.807) is 7.11 Å². The molecule has 0 spiro atoms. The second-order valence-electron chi connectivity index (χ2n) is 7.58. The minimum Gasteiger partial charge on any atom is -0.497 e. The summed E-state index contributed by atoms with van der Waals surface area (Å²) in [6.45, 7) is 0.674. The second-order valence-corrected chi connectivity index (χ2v) is 7.97. The molecule has 32 heavy (non-hydrogen) atoms. The molecule has 1 fully saturated rings. The standard InChI is InChI=1S/C25H23N5OS/c1-31-20-10-6-9-19(16-20)30-24(23(28-25(30)32)21-11-3-5-14-27-21)22-12-7-15-29(22)17-18-8-2-4-13-26-18/h2-16,23-24H,17H2,1H3,(H,28,32)/t23-,24-/m0/s1. The number of anilines is 1. The summed E-state index contributed by atoms with van der Waals surface area (Å²) in [5, 5.41) is 4.17. The molecule has 0 aliphatic carbocycles. The van der Waals surface area contributed by atoms with Gasteiger partial charge in [0, 0.05) is 36.0 Å². The first-order chi connectivity index (χ1) is 15.7. The largest absolute Gasteiger partial charge is 0.497 e. The molecule has 1 N–H and O–H groups in total. The lowest BCUT2D eigenvalue weighted by molar-refractivity contribution is 0.414. The Labute approximate surface area is 192 Å². The molecule has 7 heteroatoms. The lowest BCUT2D eigenvalue weighted by Gasteiger charge is -2.29. The van der Waals surface area contributed by atoms with Crippen molar-refractivity contribution >= 4 is 23.0 Å². The molecular weight excluding hydrogens is 418 g/mol. The predicted molar refractivity (Wildman–Crippen MR) is 129 cm³/mol. The van der Waals surface area contributed by atoms with Crippen LogP contribution in [0.4, 0.5) is 5.69 Å². The summed E-state index contributed by atoms with van der Waals surface area (Å²) >= 11 is 5.83. The first-order valence-electron chi connectivity index (χ1n) is 10.4. The molecule has 4 heterocycles. The van der Waals surface area contributed by atoms with E-state index in [4.69, 9.17) is 17.0 Å². The Hall–Kier alpha value is -3.71. The van der Waals surface area contributed by atoms with E-state index in [2.05, 4.69) is 49.1 Å². The SMILES string of the molecule is COc1cccc(N2C(=S)N[C@@H](c3ccccn3)[C@@H]2c2cccn2Cc2ccccn2)c1. The highest BCUT2D eigenvalue weighted by atomic mass is 32.1. The highest BCUT2D eigenvalue weighted by molar-refractivity contribution is 7.80. The number of nitrogens with one attached hydrogen (secondary N) is 1. The molecule has 2 atom stereocenters. The van der Waals surface area contributed by atoms with Crippen LogP contribution in [0, 0.1) is 0 Å². The van der Waals surface area contributed by atoms with Crippen molar-refractivity contribution in [2.45, 2.75) is 18.6 Å². The Morgan fingerprint density at radius 1 is 0.969 bits per heavy atom. The van der Waals surface area contributed by atoms with E-state index in [1.165, 1.54) is 0 Å². The maximum atomic E-state index is 5.83. The molecule has 0 unspecified atom stereocenters. The van der Waals surface area contributed by atoms with E-state index < -0.39 is 0 Å². The molecule has 4 aromatic rings. The summed E-state index contributed by atoms with van der Waals surface area (Å²) in [5.74, 6) is 0.786. The van der Waals surface area contributed by atoms with Crippen LogP contribution in [0.3, 0.4) is 0 Å². The molecule has 0 amide bonds. The highest BCUT2D eigenvalue weighted by Crippen LogP contribution is 2.42. The zero-order chi connectivity index (χ0) is 21.9. The number of rotatable bonds is 6. The Kier molecular flexibility index (Phi) is 5.56. The van der Waals surface area contributed by atoms with Gasteiger partial charge in [0.15, 0.2) is 5.11 Å². The maximum absolute atomic E-state index is 5.83. The average Bonchev–Trinajstić information content (AvgIpc) is 3.43. The molecule has 1 aliphatic heterocycles. The van der Waals surface area contributed by atoms with Gasteiger partial charge in [-0.25, -0.2) is 0 Å². The zero-order valence-corrected chi connectivity index (χ0v) is 18.4. The Morgan fingerprint density at radius 2 is 1.81 bits per heavy atom. The number of ether oxygens (including phenoxy) is 1. The van der Waals surface area contributed by atoms with Crippen LogP contribution in [0.25, 0.3) is 0 Å². The van der Waals surface area contributed by atoms with Crippen molar-refractivity contribution in [1.29, 1.82) is 0 Å². The van der Waals surface area contributed by atoms with Gasteiger partial charge in [-0.05, 0) is 60.7 Å². The van der Waals surface area contributed by atoms with Gasteiger partial charge in [0.2, 0.25) is 0 Å². The van der Waals surface area contributed by atoms with Crippen LogP contribution in [0.1, 0.15) is 29.2 Å². The van der Waals surface area contributed by atoms with E-state index >= 15 is 0 Å². The summed E-state index contributed by atoms with van der Waals surface area (Å²) in [6, 6.07) is 23.9. The molecule has 1 aliphatic rings. The van der Waals surface area contributed by atoms with Crippen molar-refractivity contribution in [1.82, 2.24) is 19.9 Å². The van der Waals surface area contributed by atoms with Gasteiger partial charge in [0.25, 0.3) is 0 Å².